The lowest BCUT2D eigenvalue weighted by molar-refractivity contribution is 0.00627. The number of hydrogen-bond donors (Lipinski definition) is 1. The van der Waals surface area contributed by atoms with Gasteiger partial charge in [-0.15, -0.1) is 0 Å². The van der Waals surface area contributed by atoms with Gasteiger partial charge in [0.05, 0.1) is 5.52 Å². The van der Waals surface area contributed by atoms with Crippen molar-refractivity contribution in [1.82, 2.24) is 15.0 Å². The van der Waals surface area contributed by atoms with Gasteiger partial charge in [0.1, 0.15) is 5.60 Å². The van der Waals surface area contributed by atoms with Crippen molar-refractivity contribution >= 4 is 22.6 Å². The largest absolute Gasteiger partial charge is 0.455 e. The van der Waals surface area contributed by atoms with E-state index in [1.807, 2.05) is 39.0 Å². The summed E-state index contributed by atoms with van der Waals surface area (Å²) in [5.74, 6) is -0.0448. The van der Waals surface area contributed by atoms with Crippen molar-refractivity contribution in [3.63, 3.8) is 0 Å². The second kappa shape index (κ2) is 5.88. The molecule has 0 spiro atoms. The molecule has 3 aromatic rings. The van der Waals surface area contributed by atoms with Crippen molar-refractivity contribution in [1.29, 1.82) is 0 Å². The van der Waals surface area contributed by atoms with Crippen LogP contribution in [0.1, 0.15) is 31.3 Å². The number of carbonyl (C=O) groups excluding carboxylic acids is 1. The lowest BCUT2D eigenvalue weighted by Crippen LogP contribution is -2.24. The highest BCUT2D eigenvalue weighted by Crippen LogP contribution is 2.24. The fraction of sp³-hybridized carbons (Fsp3) is 0.222. The highest BCUT2D eigenvalue weighted by molar-refractivity contribution is 5.93. The first kappa shape index (κ1) is 15.9. The predicted molar refractivity (Wildman–Crippen MR) is 92.3 cm³/mol. The number of benzene rings is 1. The molecular weight excluding hydrogens is 304 g/mol. The summed E-state index contributed by atoms with van der Waals surface area (Å²) in [6.45, 7) is 5.43. The molecule has 0 aliphatic heterocycles. The van der Waals surface area contributed by atoms with Gasteiger partial charge in [-0.05, 0) is 51.1 Å². The van der Waals surface area contributed by atoms with Gasteiger partial charge in [0.2, 0.25) is 0 Å². The Kier molecular flexibility index (Phi) is 3.89. The Morgan fingerprint density at radius 1 is 1.08 bits per heavy atom. The van der Waals surface area contributed by atoms with Crippen molar-refractivity contribution < 1.29 is 9.53 Å². The van der Waals surface area contributed by atoms with E-state index in [1.54, 1.807) is 18.5 Å². The molecule has 2 heterocycles. The van der Waals surface area contributed by atoms with E-state index in [-0.39, 0.29) is 5.69 Å². The molecule has 0 amide bonds. The van der Waals surface area contributed by atoms with Crippen LogP contribution in [0.5, 0.6) is 0 Å². The van der Waals surface area contributed by atoms with Crippen molar-refractivity contribution in [3.8, 4) is 11.4 Å². The zero-order chi connectivity index (χ0) is 17.3. The van der Waals surface area contributed by atoms with E-state index in [0.717, 1.165) is 16.5 Å². The van der Waals surface area contributed by atoms with Crippen LogP contribution in [0, 0.1) is 0 Å². The van der Waals surface area contributed by atoms with Gasteiger partial charge in [-0.25, -0.2) is 14.8 Å². The molecule has 2 aromatic heterocycles. The second-order valence-corrected chi connectivity index (χ2v) is 6.40. The Labute approximate surface area is 139 Å². The summed E-state index contributed by atoms with van der Waals surface area (Å²) >= 11 is 0. The minimum atomic E-state index is -0.578. The van der Waals surface area contributed by atoms with Gasteiger partial charge in [-0.3, -0.25) is 4.98 Å². The van der Waals surface area contributed by atoms with Crippen LogP contribution in [0.3, 0.4) is 0 Å². The Morgan fingerprint density at radius 2 is 1.83 bits per heavy atom. The molecule has 122 valence electrons. The number of rotatable bonds is 2. The fourth-order valence-electron chi connectivity index (χ4n) is 2.25. The Morgan fingerprint density at radius 3 is 2.58 bits per heavy atom. The van der Waals surface area contributed by atoms with E-state index in [2.05, 4.69) is 15.0 Å². The zero-order valence-electron chi connectivity index (χ0n) is 13.8. The van der Waals surface area contributed by atoms with Crippen LogP contribution in [0.4, 0.5) is 5.69 Å². The van der Waals surface area contributed by atoms with Gasteiger partial charge in [0.25, 0.3) is 0 Å². The number of nitrogens with two attached hydrogens (primary N) is 1. The Bertz CT molecular complexity index is 916. The standard InChI is InChI=1S/C18H18N4O2/c1-18(2,3)24-17(23)15-7-9-21-16(22-15)11-4-5-14-12(10-11)13(19)6-8-20-14/h4-10H,1-3H3,(H2,19,20). The van der Waals surface area contributed by atoms with Gasteiger partial charge < -0.3 is 10.5 Å². The van der Waals surface area contributed by atoms with E-state index in [9.17, 15) is 4.79 Å². The minimum absolute atomic E-state index is 0.217. The first-order valence-corrected chi connectivity index (χ1v) is 7.54. The molecule has 0 saturated carbocycles. The molecular formula is C18H18N4O2. The molecule has 0 aliphatic carbocycles. The quantitative estimate of drug-likeness (QED) is 0.728. The van der Waals surface area contributed by atoms with Gasteiger partial charge in [-0.2, -0.15) is 0 Å². The zero-order valence-corrected chi connectivity index (χ0v) is 13.8. The van der Waals surface area contributed by atoms with E-state index in [1.165, 1.54) is 6.07 Å². The van der Waals surface area contributed by atoms with Crippen molar-refractivity contribution in [2.45, 2.75) is 26.4 Å². The number of pyridine rings is 1. The molecule has 0 radical (unpaired) electrons. The number of carbonyl (C=O) groups is 1. The van der Waals surface area contributed by atoms with Crippen LogP contribution in [-0.4, -0.2) is 26.5 Å². The van der Waals surface area contributed by atoms with Crippen LogP contribution in [0.25, 0.3) is 22.3 Å². The maximum Gasteiger partial charge on any atom is 0.357 e. The number of esters is 1. The number of fused-ring (bicyclic) bond motifs is 1. The van der Waals surface area contributed by atoms with E-state index >= 15 is 0 Å². The molecule has 24 heavy (non-hydrogen) atoms. The van der Waals surface area contributed by atoms with Crippen LogP contribution >= 0.6 is 0 Å². The van der Waals surface area contributed by atoms with Crippen LogP contribution in [0.15, 0.2) is 42.7 Å². The molecule has 0 saturated heterocycles. The normalized spacial score (nSPS) is 11.5. The molecule has 3 rings (SSSR count). The average molecular weight is 322 g/mol. The van der Waals surface area contributed by atoms with Crippen LogP contribution in [-0.2, 0) is 4.74 Å². The maximum atomic E-state index is 12.2. The number of hydrogen-bond acceptors (Lipinski definition) is 6. The summed E-state index contributed by atoms with van der Waals surface area (Å²) in [4.78, 5) is 25.0. The van der Waals surface area contributed by atoms with E-state index in [0.29, 0.717) is 11.5 Å². The SMILES string of the molecule is CC(C)(C)OC(=O)c1ccnc(-c2ccc3nccc(N)c3c2)n1. The third-order valence-electron chi connectivity index (χ3n) is 3.30. The fourth-order valence-corrected chi connectivity index (χ4v) is 2.25. The monoisotopic (exact) mass is 322 g/mol. The molecule has 0 atom stereocenters. The number of nitrogen functional groups attached to an aromatic ring is 1. The molecule has 0 aliphatic rings. The summed E-state index contributed by atoms with van der Waals surface area (Å²) in [6, 6.07) is 8.85. The number of nitrogens with zero attached hydrogens (tertiary/aromatic N) is 3. The van der Waals surface area contributed by atoms with Crippen LogP contribution < -0.4 is 5.73 Å². The summed E-state index contributed by atoms with van der Waals surface area (Å²) < 4.78 is 5.34. The van der Waals surface area contributed by atoms with Crippen molar-refractivity contribution in [2.24, 2.45) is 0 Å². The Balaban J connectivity index is 2.00. The smallest absolute Gasteiger partial charge is 0.357 e. The van der Waals surface area contributed by atoms with E-state index < -0.39 is 11.6 Å². The molecule has 1 aromatic carbocycles. The summed E-state index contributed by atoms with van der Waals surface area (Å²) in [6.07, 6.45) is 3.20. The molecule has 6 nitrogen and oxygen atoms in total. The number of ether oxygens (including phenoxy) is 1. The predicted octanol–water partition coefficient (Wildman–Crippen LogP) is 3.23. The van der Waals surface area contributed by atoms with Crippen molar-refractivity contribution in [2.75, 3.05) is 5.73 Å². The third kappa shape index (κ3) is 3.32. The second-order valence-electron chi connectivity index (χ2n) is 6.40. The van der Waals surface area contributed by atoms with E-state index in [4.69, 9.17) is 10.5 Å². The lowest BCUT2D eigenvalue weighted by Gasteiger charge is -2.19. The molecule has 0 unspecified atom stereocenters. The average Bonchev–Trinajstić information content (AvgIpc) is 2.53. The first-order chi connectivity index (χ1) is 11.3. The molecule has 0 bridgehead atoms. The molecule has 0 fully saturated rings. The summed E-state index contributed by atoms with van der Waals surface area (Å²) in [5.41, 5.74) is 7.81. The van der Waals surface area contributed by atoms with Gasteiger partial charge in [0.15, 0.2) is 11.5 Å². The van der Waals surface area contributed by atoms with Gasteiger partial charge in [0, 0.05) is 29.0 Å². The highest BCUT2D eigenvalue weighted by atomic mass is 16.6. The number of aromatic nitrogens is 3. The maximum absolute atomic E-state index is 12.2. The summed E-state index contributed by atoms with van der Waals surface area (Å²) in [5, 5.41) is 0.821. The van der Waals surface area contributed by atoms with Crippen LogP contribution in [0.2, 0.25) is 0 Å². The third-order valence-corrected chi connectivity index (χ3v) is 3.30. The topological polar surface area (TPSA) is 91.0 Å². The minimum Gasteiger partial charge on any atom is -0.455 e. The van der Waals surface area contributed by atoms with Gasteiger partial charge in [-0.1, -0.05) is 0 Å². The molecule has 2 N–H and O–H groups in total. The molecule has 6 heteroatoms. The first-order valence-electron chi connectivity index (χ1n) is 7.54. The summed E-state index contributed by atoms with van der Waals surface area (Å²) in [7, 11) is 0. The highest BCUT2D eigenvalue weighted by Gasteiger charge is 2.19. The lowest BCUT2D eigenvalue weighted by atomic mass is 10.1. The number of anilines is 1. The Hall–Kier alpha value is -3.02. The van der Waals surface area contributed by atoms with Gasteiger partial charge >= 0.3 is 5.97 Å². The van der Waals surface area contributed by atoms with Crippen molar-refractivity contribution in [3.05, 3.63) is 48.4 Å².